The lowest BCUT2D eigenvalue weighted by Gasteiger charge is -2.38. The maximum Gasteiger partial charge on any atom is 0.253 e. The van der Waals surface area contributed by atoms with Crippen LogP contribution >= 0.6 is 11.6 Å². The first kappa shape index (κ1) is 27.1. The summed E-state index contributed by atoms with van der Waals surface area (Å²) < 4.78 is 16.0. The first-order valence-corrected chi connectivity index (χ1v) is 12.5. The van der Waals surface area contributed by atoms with Crippen LogP contribution in [-0.2, 0) is 20.9 Å². The zero-order valence-corrected chi connectivity index (χ0v) is 22.0. The van der Waals surface area contributed by atoms with Crippen molar-refractivity contribution in [2.24, 2.45) is 0 Å². The van der Waals surface area contributed by atoms with E-state index >= 15 is 0 Å². The number of nitrogens with one attached hydrogen (secondary N) is 2. The van der Waals surface area contributed by atoms with Gasteiger partial charge in [-0.25, -0.2) is 9.45 Å². The highest BCUT2D eigenvalue weighted by atomic mass is 35.5. The van der Waals surface area contributed by atoms with Gasteiger partial charge in [0, 0.05) is 17.8 Å². The number of aromatic nitrogens is 4. The number of amides is 2. The molecule has 1 atom stereocenters. The Labute approximate surface area is 233 Å². The molecule has 12 nitrogen and oxygen atoms in total. The molecule has 1 saturated heterocycles. The second kappa shape index (κ2) is 12.2. The van der Waals surface area contributed by atoms with Crippen molar-refractivity contribution in [3.63, 3.8) is 0 Å². The number of hydrogen-bond acceptors (Lipinski definition) is 9. The van der Waals surface area contributed by atoms with Gasteiger partial charge in [-0.05, 0) is 58.8 Å². The number of carbonyl (C=O) groups excluding carboxylic acids is 2. The Bertz CT molecular complexity index is 1480. The smallest absolute Gasteiger partial charge is 0.253 e. The summed E-state index contributed by atoms with van der Waals surface area (Å²) in [5.41, 5.74) is 2.10. The zero-order valence-electron chi connectivity index (χ0n) is 21.2. The number of anilines is 2. The number of benzene rings is 3. The summed E-state index contributed by atoms with van der Waals surface area (Å²) in [6.07, 6.45) is 1.72. The van der Waals surface area contributed by atoms with E-state index in [-0.39, 0.29) is 31.1 Å². The predicted octanol–water partition coefficient (Wildman–Crippen LogP) is 2.96. The molecule has 1 aliphatic rings. The van der Waals surface area contributed by atoms with Gasteiger partial charge in [0.25, 0.3) is 5.91 Å². The summed E-state index contributed by atoms with van der Waals surface area (Å²) in [7, 11) is 1.41. The van der Waals surface area contributed by atoms with E-state index in [1.54, 1.807) is 18.2 Å². The van der Waals surface area contributed by atoms with Crippen LogP contribution in [0.1, 0.15) is 15.9 Å². The van der Waals surface area contributed by atoms with Gasteiger partial charge < -0.3 is 10.6 Å². The Kier molecular flexibility index (Phi) is 8.26. The Morgan fingerprint density at radius 1 is 1.05 bits per heavy atom. The lowest BCUT2D eigenvalue weighted by atomic mass is 10.0. The molecule has 1 unspecified atom stereocenters. The van der Waals surface area contributed by atoms with Crippen LogP contribution in [0.4, 0.5) is 15.8 Å². The first-order chi connectivity index (χ1) is 19.4. The normalized spacial score (nSPS) is 14.5. The van der Waals surface area contributed by atoms with Gasteiger partial charge in [-0.15, -0.1) is 10.2 Å². The van der Waals surface area contributed by atoms with E-state index in [1.165, 1.54) is 40.3 Å². The van der Waals surface area contributed by atoms with Gasteiger partial charge in [0.2, 0.25) is 5.91 Å². The van der Waals surface area contributed by atoms with Crippen molar-refractivity contribution in [3.8, 4) is 5.69 Å². The Hall–Kier alpha value is -4.43. The van der Waals surface area contributed by atoms with Crippen LogP contribution in [0.25, 0.3) is 5.69 Å². The maximum absolute atomic E-state index is 14.5. The number of hydroxylamine groups is 3. The van der Waals surface area contributed by atoms with Crippen LogP contribution in [0, 0.1) is 5.82 Å². The van der Waals surface area contributed by atoms with Crippen LogP contribution < -0.4 is 15.7 Å². The minimum absolute atomic E-state index is 0.0799. The molecule has 1 fully saturated rings. The number of tetrazole rings is 1. The Balaban J connectivity index is 1.34. The average molecular weight is 567 g/mol. The third-order valence-corrected chi connectivity index (χ3v) is 6.35. The van der Waals surface area contributed by atoms with Crippen LogP contribution in [0.2, 0.25) is 5.02 Å². The zero-order chi connectivity index (χ0) is 28.1. The highest BCUT2D eigenvalue weighted by Crippen LogP contribution is 2.30. The Morgan fingerprint density at radius 3 is 2.55 bits per heavy atom. The van der Waals surface area contributed by atoms with Gasteiger partial charge in [0.1, 0.15) is 18.2 Å². The first-order valence-electron chi connectivity index (χ1n) is 12.1. The highest BCUT2D eigenvalue weighted by Gasteiger charge is 2.33. The number of nitrogens with zero attached hydrogens (tertiary/aromatic N) is 6. The second-order valence-electron chi connectivity index (χ2n) is 8.67. The van der Waals surface area contributed by atoms with E-state index in [2.05, 4.69) is 26.2 Å². The topological polar surface area (TPSA) is 127 Å². The standard InChI is InChI=1S/C26H24ClFN8O4/c1-29-25(37)20-9-8-19(13-21(20)28)31-26(38)24(11-17-5-3-2-4-6-17)36-16-39-35(15-40-36)23-12-18(27)7-10-22(23)34-14-30-32-33-34/h2-10,12-14,24H,11,15-16H2,1H3,(H,29,37)(H,31,38). The van der Waals surface area contributed by atoms with Crippen LogP contribution in [-0.4, -0.2) is 63.6 Å². The summed E-state index contributed by atoms with van der Waals surface area (Å²) in [6, 6.07) is 17.5. The van der Waals surface area contributed by atoms with E-state index in [0.29, 0.717) is 16.4 Å². The molecule has 4 aromatic rings. The monoisotopic (exact) mass is 566 g/mol. The van der Waals surface area contributed by atoms with Crippen LogP contribution in [0.15, 0.2) is 73.1 Å². The third-order valence-electron chi connectivity index (χ3n) is 6.11. The summed E-state index contributed by atoms with van der Waals surface area (Å²) in [4.78, 5) is 37.2. The maximum atomic E-state index is 14.5. The van der Waals surface area contributed by atoms with E-state index in [9.17, 15) is 14.0 Å². The molecule has 1 aliphatic heterocycles. The van der Waals surface area contributed by atoms with Crippen molar-refractivity contribution >= 4 is 34.8 Å². The van der Waals surface area contributed by atoms with Crippen molar-refractivity contribution in [1.29, 1.82) is 0 Å². The molecule has 5 rings (SSSR count). The molecule has 0 spiro atoms. The van der Waals surface area contributed by atoms with Gasteiger partial charge in [-0.1, -0.05) is 41.9 Å². The molecule has 0 aliphatic carbocycles. The van der Waals surface area contributed by atoms with Gasteiger partial charge in [0.15, 0.2) is 13.5 Å². The minimum Gasteiger partial charge on any atom is -0.355 e. The summed E-state index contributed by atoms with van der Waals surface area (Å²) >= 11 is 6.24. The van der Waals surface area contributed by atoms with Crippen molar-refractivity contribution in [2.45, 2.75) is 12.5 Å². The van der Waals surface area contributed by atoms with Crippen LogP contribution in [0.3, 0.4) is 0 Å². The van der Waals surface area contributed by atoms with Gasteiger partial charge in [-0.2, -0.15) is 4.68 Å². The molecule has 2 heterocycles. The average Bonchev–Trinajstić information content (AvgIpc) is 3.51. The molecule has 0 saturated carbocycles. The van der Waals surface area contributed by atoms with Crippen molar-refractivity contribution in [3.05, 3.63) is 95.0 Å². The molecule has 3 aromatic carbocycles. The van der Waals surface area contributed by atoms with E-state index in [1.807, 2.05) is 30.3 Å². The molecule has 40 heavy (non-hydrogen) atoms. The number of halogens is 2. The molecular formula is C26H24ClFN8O4. The SMILES string of the molecule is CNC(=O)c1ccc(NC(=O)C(Cc2ccccc2)N2CON(c3cc(Cl)ccc3-n3cnnn3)CO2)cc1F. The molecule has 0 bridgehead atoms. The lowest BCUT2D eigenvalue weighted by molar-refractivity contribution is -0.279. The van der Waals surface area contributed by atoms with Gasteiger partial charge in [-0.3, -0.25) is 19.3 Å². The molecular weight excluding hydrogens is 543 g/mol. The van der Waals surface area contributed by atoms with Gasteiger partial charge >= 0.3 is 0 Å². The molecule has 206 valence electrons. The number of carbonyl (C=O) groups is 2. The van der Waals surface area contributed by atoms with Crippen LogP contribution in [0.5, 0.6) is 0 Å². The molecule has 1 aromatic heterocycles. The molecule has 2 amide bonds. The lowest BCUT2D eigenvalue weighted by Crippen LogP contribution is -2.52. The molecule has 0 radical (unpaired) electrons. The quantitative estimate of drug-likeness (QED) is 0.331. The predicted molar refractivity (Wildman–Crippen MR) is 143 cm³/mol. The fraction of sp³-hybridized carbons (Fsp3) is 0.192. The largest absolute Gasteiger partial charge is 0.355 e. The number of rotatable bonds is 8. The summed E-state index contributed by atoms with van der Waals surface area (Å²) in [6.45, 7) is -0.195. The molecule has 14 heteroatoms. The minimum atomic E-state index is -0.843. The van der Waals surface area contributed by atoms with E-state index in [0.717, 1.165) is 11.6 Å². The summed E-state index contributed by atoms with van der Waals surface area (Å²) in [5.74, 6) is -1.78. The van der Waals surface area contributed by atoms with Crippen molar-refractivity contribution in [2.75, 3.05) is 30.9 Å². The van der Waals surface area contributed by atoms with E-state index in [4.69, 9.17) is 21.3 Å². The van der Waals surface area contributed by atoms with Gasteiger partial charge in [0.05, 0.1) is 16.9 Å². The summed E-state index contributed by atoms with van der Waals surface area (Å²) in [5, 5.41) is 19.7. The highest BCUT2D eigenvalue weighted by molar-refractivity contribution is 6.31. The fourth-order valence-corrected chi connectivity index (χ4v) is 4.27. The third kappa shape index (κ3) is 6.07. The number of hydrogen-bond donors (Lipinski definition) is 2. The fourth-order valence-electron chi connectivity index (χ4n) is 4.11. The second-order valence-corrected chi connectivity index (χ2v) is 9.10. The van der Waals surface area contributed by atoms with E-state index < -0.39 is 23.7 Å². The van der Waals surface area contributed by atoms with Crippen molar-refractivity contribution < 1.29 is 23.7 Å². The molecule has 2 N–H and O–H groups in total. The Morgan fingerprint density at radius 2 is 1.88 bits per heavy atom. The van der Waals surface area contributed by atoms with Crippen molar-refractivity contribution in [1.82, 2.24) is 30.6 Å².